The van der Waals surface area contributed by atoms with Gasteiger partial charge in [-0.05, 0) is 32.0 Å². The lowest BCUT2D eigenvalue weighted by Crippen LogP contribution is -2.32. The summed E-state index contributed by atoms with van der Waals surface area (Å²) in [4.78, 5) is 22.3. The summed E-state index contributed by atoms with van der Waals surface area (Å²) >= 11 is 3.25. The molecular formula is C12H15BrN2O3. The molecule has 4 N–H and O–H groups in total. The van der Waals surface area contributed by atoms with Crippen LogP contribution in [0, 0.1) is 5.41 Å². The van der Waals surface area contributed by atoms with Crippen molar-refractivity contribution in [3.05, 3.63) is 28.2 Å². The molecule has 1 aromatic rings. The molecule has 0 unspecified atom stereocenters. The molecule has 0 bridgehead atoms. The van der Waals surface area contributed by atoms with E-state index in [9.17, 15) is 9.59 Å². The van der Waals surface area contributed by atoms with Crippen LogP contribution in [0.5, 0.6) is 0 Å². The van der Waals surface area contributed by atoms with Gasteiger partial charge < -0.3 is 16.2 Å². The van der Waals surface area contributed by atoms with Gasteiger partial charge in [0.25, 0.3) is 5.91 Å². The van der Waals surface area contributed by atoms with Gasteiger partial charge in [-0.2, -0.15) is 0 Å². The van der Waals surface area contributed by atoms with Gasteiger partial charge in [0.05, 0.1) is 11.0 Å². The number of hydrogen-bond acceptors (Lipinski definition) is 3. The van der Waals surface area contributed by atoms with Crippen molar-refractivity contribution in [1.82, 2.24) is 0 Å². The Balaban J connectivity index is 2.92. The molecule has 5 nitrogen and oxygen atoms in total. The van der Waals surface area contributed by atoms with Crippen LogP contribution in [0.4, 0.5) is 5.69 Å². The summed E-state index contributed by atoms with van der Waals surface area (Å²) in [6.07, 6.45) is 0. The minimum absolute atomic E-state index is 0.199. The first-order valence-corrected chi connectivity index (χ1v) is 6.10. The minimum atomic E-state index is -0.929. The summed E-state index contributed by atoms with van der Waals surface area (Å²) in [5.74, 6) is -1.47. The van der Waals surface area contributed by atoms with Crippen LogP contribution < -0.4 is 11.1 Å². The maximum absolute atomic E-state index is 11.3. The molecule has 98 valence electrons. The lowest BCUT2D eigenvalue weighted by molar-refractivity contribution is -0.146. The van der Waals surface area contributed by atoms with Crippen molar-refractivity contribution >= 4 is 33.5 Å². The molecule has 6 heteroatoms. The number of primary amides is 1. The zero-order valence-corrected chi connectivity index (χ0v) is 11.7. The highest BCUT2D eigenvalue weighted by molar-refractivity contribution is 9.10. The van der Waals surface area contributed by atoms with Gasteiger partial charge in [0, 0.05) is 16.7 Å². The molecule has 1 amide bonds. The van der Waals surface area contributed by atoms with Crippen LogP contribution in [0.25, 0.3) is 0 Å². The summed E-state index contributed by atoms with van der Waals surface area (Å²) in [5.41, 5.74) is 5.19. The number of benzene rings is 1. The van der Waals surface area contributed by atoms with E-state index >= 15 is 0 Å². The predicted octanol–water partition coefficient (Wildman–Crippen LogP) is 2.07. The topological polar surface area (TPSA) is 92.4 Å². The van der Waals surface area contributed by atoms with E-state index < -0.39 is 17.3 Å². The Labute approximate surface area is 113 Å². The Morgan fingerprint density at radius 1 is 1.44 bits per heavy atom. The van der Waals surface area contributed by atoms with Gasteiger partial charge in [-0.15, -0.1) is 0 Å². The molecule has 0 aliphatic rings. The molecule has 1 rings (SSSR count). The fourth-order valence-corrected chi connectivity index (χ4v) is 1.63. The number of rotatable bonds is 5. The average Bonchev–Trinajstić information content (AvgIpc) is 2.27. The van der Waals surface area contributed by atoms with E-state index in [0.717, 1.165) is 4.47 Å². The number of carboxylic acids is 1. The van der Waals surface area contributed by atoms with Crippen molar-refractivity contribution in [2.45, 2.75) is 13.8 Å². The normalized spacial score (nSPS) is 11.1. The molecule has 0 aliphatic carbocycles. The van der Waals surface area contributed by atoms with Crippen LogP contribution >= 0.6 is 15.9 Å². The minimum Gasteiger partial charge on any atom is -0.481 e. The summed E-state index contributed by atoms with van der Waals surface area (Å²) in [5, 5.41) is 11.9. The van der Waals surface area contributed by atoms with Gasteiger partial charge in [-0.3, -0.25) is 9.59 Å². The molecule has 0 atom stereocenters. The smallest absolute Gasteiger partial charge is 0.310 e. The summed E-state index contributed by atoms with van der Waals surface area (Å²) in [6.45, 7) is 3.40. The standard InChI is InChI=1S/C12H15BrN2O3/c1-12(2,11(17)18)6-15-9-4-3-7(13)5-8(9)10(14)16/h3-5,15H,6H2,1-2H3,(H2,14,16)(H,17,18). The van der Waals surface area contributed by atoms with Crippen molar-refractivity contribution in [3.63, 3.8) is 0 Å². The van der Waals surface area contributed by atoms with E-state index in [1.165, 1.54) is 0 Å². The van der Waals surface area contributed by atoms with Crippen molar-refractivity contribution in [2.75, 3.05) is 11.9 Å². The Morgan fingerprint density at radius 2 is 2.06 bits per heavy atom. The quantitative estimate of drug-likeness (QED) is 0.775. The maximum Gasteiger partial charge on any atom is 0.310 e. The number of nitrogens with one attached hydrogen (secondary N) is 1. The highest BCUT2D eigenvalue weighted by atomic mass is 79.9. The molecule has 0 aromatic heterocycles. The second-order valence-electron chi connectivity index (χ2n) is 4.60. The molecule has 0 saturated carbocycles. The van der Waals surface area contributed by atoms with E-state index in [-0.39, 0.29) is 6.54 Å². The van der Waals surface area contributed by atoms with E-state index in [1.807, 2.05) is 0 Å². The van der Waals surface area contributed by atoms with Gasteiger partial charge in [-0.25, -0.2) is 0 Å². The van der Waals surface area contributed by atoms with Crippen molar-refractivity contribution in [2.24, 2.45) is 11.1 Å². The number of anilines is 1. The van der Waals surface area contributed by atoms with Crippen LogP contribution in [0.2, 0.25) is 0 Å². The molecule has 0 radical (unpaired) electrons. The number of halogens is 1. The van der Waals surface area contributed by atoms with E-state index in [2.05, 4.69) is 21.2 Å². The van der Waals surface area contributed by atoms with Crippen LogP contribution in [-0.2, 0) is 4.79 Å². The Hall–Kier alpha value is -1.56. The summed E-state index contributed by atoms with van der Waals surface area (Å²) in [7, 11) is 0. The molecule has 1 aromatic carbocycles. The largest absolute Gasteiger partial charge is 0.481 e. The number of aliphatic carboxylic acids is 1. The molecular weight excluding hydrogens is 300 g/mol. The van der Waals surface area contributed by atoms with Crippen molar-refractivity contribution < 1.29 is 14.7 Å². The summed E-state index contributed by atoms with van der Waals surface area (Å²) < 4.78 is 0.736. The van der Waals surface area contributed by atoms with Gasteiger partial charge in [0.1, 0.15) is 0 Å². The number of carboxylic acid groups (broad SMARTS) is 1. The third-order valence-electron chi connectivity index (χ3n) is 2.55. The zero-order valence-electron chi connectivity index (χ0n) is 10.2. The van der Waals surface area contributed by atoms with Crippen molar-refractivity contribution in [1.29, 1.82) is 0 Å². The fraction of sp³-hybridized carbons (Fsp3) is 0.333. The highest BCUT2D eigenvalue weighted by Crippen LogP contribution is 2.23. The SMILES string of the molecule is CC(C)(CNc1ccc(Br)cc1C(N)=O)C(=O)O. The second-order valence-corrected chi connectivity index (χ2v) is 5.51. The third kappa shape index (κ3) is 3.46. The number of nitrogens with two attached hydrogens (primary N) is 1. The van der Waals surface area contributed by atoms with E-state index in [0.29, 0.717) is 11.3 Å². The van der Waals surface area contributed by atoms with Crippen LogP contribution in [0.1, 0.15) is 24.2 Å². The first-order chi connectivity index (χ1) is 8.24. The molecule has 0 spiro atoms. The number of amides is 1. The van der Waals surface area contributed by atoms with Crippen LogP contribution in [0.3, 0.4) is 0 Å². The van der Waals surface area contributed by atoms with Crippen molar-refractivity contribution in [3.8, 4) is 0 Å². The first-order valence-electron chi connectivity index (χ1n) is 5.30. The number of carbonyl (C=O) groups excluding carboxylic acids is 1. The Bertz CT molecular complexity index is 486. The Kier molecular flexibility index (Phi) is 4.34. The average molecular weight is 315 g/mol. The highest BCUT2D eigenvalue weighted by Gasteiger charge is 2.27. The summed E-state index contributed by atoms with van der Waals surface area (Å²) in [6, 6.07) is 5.03. The zero-order chi connectivity index (χ0) is 13.9. The first kappa shape index (κ1) is 14.5. The predicted molar refractivity (Wildman–Crippen MR) is 72.6 cm³/mol. The van der Waals surface area contributed by atoms with Crippen LogP contribution in [-0.4, -0.2) is 23.5 Å². The maximum atomic E-state index is 11.3. The number of carbonyl (C=O) groups is 2. The second kappa shape index (κ2) is 5.39. The van der Waals surface area contributed by atoms with Gasteiger partial charge in [-0.1, -0.05) is 15.9 Å². The van der Waals surface area contributed by atoms with E-state index in [4.69, 9.17) is 10.8 Å². The van der Waals surface area contributed by atoms with Crippen LogP contribution in [0.15, 0.2) is 22.7 Å². The molecule has 0 aliphatic heterocycles. The Morgan fingerprint density at radius 3 is 2.56 bits per heavy atom. The van der Waals surface area contributed by atoms with Gasteiger partial charge in [0.15, 0.2) is 0 Å². The molecule has 18 heavy (non-hydrogen) atoms. The van der Waals surface area contributed by atoms with Gasteiger partial charge in [0.2, 0.25) is 0 Å². The lowest BCUT2D eigenvalue weighted by Gasteiger charge is -2.21. The van der Waals surface area contributed by atoms with Gasteiger partial charge >= 0.3 is 5.97 Å². The lowest BCUT2D eigenvalue weighted by atomic mass is 9.93. The third-order valence-corrected chi connectivity index (χ3v) is 3.04. The molecule has 0 saturated heterocycles. The monoisotopic (exact) mass is 314 g/mol. The fourth-order valence-electron chi connectivity index (χ4n) is 1.27. The molecule has 0 heterocycles. The number of hydrogen-bond donors (Lipinski definition) is 3. The molecule has 0 fully saturated rings. The van der Waals surface area contributed by atoms with E-state index in [1.54, 1.807) is 32.0 Å².